The molecular weight excluding hydrogens is 403 g/mol. The molecule has 0 saturated carbocycles. The number of rotatable bonds is 3. The van der Waals surface area contributed by atoms with Crippen LogP contribution >= 0.6 is 0 Å². The van der Waals surface area contributed by atoms with Gasteiger partial charge >= 0.3 is 6.18 Å². The third-order valence-corrected chi connectivity index (χ3v) is 6.86. The second-order valence-electron chi connectivity index (χ2n) is 6.88. The Morgan fingerprint density at radius 1 is 1.00 bits per heavy atom. The molecule has 1 aliphatic rings. The topological polar surface area (TPSA) is 64.4 Å². The minimum absolute atomic E-state index is 0.0145. The van der Waals surface area contributed by atoms with E-state index in [4.69, 9.17) is 5.26 Å². The number of sulfonamides is 1. The molecule has 0 amide bonds. The molecular formula is C20H20F3N3O2S. The van der Waals surface area contributed by atoms with E-state index in [0.29, 0.717) is 31.1 Å². The van der Waals surface area contributed by atoms with Gasteiger partial charge in [0.15, 0.2) is 0 Å². The number of hydrogen-bond donors (Lipinski definition) is 0. The van der Waals surface area contributed by atoms with Crippen LogP contribution in [0.1, 0.15) is 23.1 Å². The monoisotopic (exact) mass is 423 g/mol. The van der Waals surface area contributed by atoms with Gasteiger partial charge in [-0.15, -0.1) is 0 Å². The number of nitriles is 1. The molecule has 0 N–H and O–H groups in total. The summed E-state index contributed by atoms with van der Waals surface area (Å²) in [5.74, 6) is 0. The Hall–Kier alpha value is -2.57. The van der Waals surface area contributed by atoms with E-state index >= 15 is 0 Å². The SMILES string of the molecule is Cc1ccc(S(=O)(=O)N2CCCN(c3ccc(C#N)cc3)CC2)cc1C(F)(F)F. The highest BCUT2D eigenvalue weighted by atomic mass is 32.2. The molecule has 0 aliphatic carbocycles. The van der Waals surface area contributed by atoms with Gasteiger partial charge in [0.1, 0.15) is 0 Å². The lowest BCUT2D eigenvalue weighted by molar-refractivity contribution is -0.138. The summed E-state index contributed by atoms with van der Waals surface area (Å²) >= 11 is 0. The predicted octanol–water partition coefficient (Wildman–Crippen LogP) is 3.79. The van der Waals surface area contributed by atoms with Crippen LogP contribution in [0.5, 0.6) is 0 Å². The zero-order valence-corrected chi connectivity index (χ0v) is 16.6. The maximum atomic E-state index is 13.2. The molecule has 0 atom stereocenters. The van der Waals surface area contributed by atoms with Crippen molar-refractivity contribution in [2.24, 2.45) is 0 Å². The molecule has 5 nitrogen and oxygen atoms in total. The molecule has 0 bridgehead atoms. The van der Waals surface area contributed by atoms with E-state index in [0.717, 1.165) is 5.69 Å². The molecule has 0 spiro atoms. The molecule has 154 valence electrons. The van der Waals surface area contributed by atoms with Crippen LogP contribution in [-0.2, 0) is 16.2 Å². The molecule has 29 heavy (non-hydrogen) atoms. The van der Waals surface area contributed by atoms with Gasteiger partial charge in [-0.05, 0) is 55.3 Å². The first-order chi connectivity index (χ1) is 13.6. The van der Waals surface area contributed by atoms with Gasteiger partial charge in [-0.2, -0.15) is 22.7 Å². The number of halogens is 3. The van der Waals surface area contributed by atoms with Crippen molar-refractivity contribution in [3.63, 3.8) is 0 Å². The molecule has 1 heterocycles. The number of anilines is 1. The Morgan fingerprint density at radius 2 is 1.69 bits per heavy atom. The predicted molar refractivity (Wildman–Crippen MR) is 103 cm³/mol. The van der Waals surface area contributed by atoms with Crippen molar-refractivity contribution >= 4 is 15.7 Å². The lowest BCUT2D eigenvalue weighted by Gasteiger charge is -2.24. The Bertz CT molecular complexity index is 1030. The van der Waals surface area contributed by atoms with Crippen LogP contribution in [-0.4, -0.2) is 38.9 Å². The van der Waals surface area contributed by atoms with Gasteiger partial charge in [0.05, 0.1) is 22.1 Å². The summed E-state index contributed by atoms with van der Waals surface area (Å²) < 4.78 is 66.7. The van der Waals surface area contributed by atoms with Crippen LogP contribution in [0.4, 0.5) is 18.9 Å². The van der Waals surface area contributed by atoms with Crippen molar-refractivity contribution in [1.82, 2.24) is 4.31 Å². The van der Waals surface area contributed by atoms with Crippen molar-refractivity contribution in [1.29, 1.82) is 5.26 Å². The quantitative estimate of drug-likeness (QED) is 0.754. The smallest absolute Gasteiger partial charge is 0.370 e. The molecule has 3 rings (SSSR count). The Balaban J connectivity index is 1.81. The van der Waals surface area contributed by atoms with E-state index < -0.39 is 21.8 Å². The lowest BCUT2D eigenvalue weighted by Crippen LogP contribution is -2.35. The summed E-state index contributed by atoms with van der Waals surface area (Å²) in [6, 6.07) is 12.2. The summed E-state index contributed by atoms with van der Waals surface area (Å²) in [6.07, 6.45) is -4.07. The van der Waals surface area contributed by atoms with Gasteiger partial charge in [0, 0.05) is 31.9 Å². The highest BCUT2D eigenvalue weighted by molar-refractivity contribution is 7.89. The molecule has 1 saturated heterocycles. The first-order valence-corrected chi connectivity index (χ1v) is 10.5. The molecule has 0 unspecified atom stereocenters. The minimum Gasteiger partial charge on any atom is -0.370 e. The van der Waals surface area contributed by atoms with Crippen molar-refractivity contribution in [2.75, 3.05) is 31.1 Å². The zero-order valence-electron chi connectivity index (χ0n) is 15.8. The van der Waals surface area contributed by atoms with E-state index in [1.54, 1.807) is 24.3 Å². The first kappa shape index (κ1) is 21.1. The highest BCUT2D eigenvalue weighted by Crippen LogP contribution is 2.34. The van der Waals surface area contributed by atoms with Crippen molar-refractivity contribution in [2.45, 2.75) is 24.4 Å². The van der Waals surface area contributed by atoms with E-state index in [1.165, 1.54) is 23.4 Å². The van der Waals surface area contributed by atoms with Gasteiger partial charge in [-0.25, -0.2) is 8.42 Å². The van der Waals surface area contributed by atoms with Crippen LogP contribution in [0, 0.1) is 18.3 Å². The third kappa shape index (κ3) is 4.54. The molecule has 1 aliphatic heterocycles. The number of aryl methyl sites for hydroxylation is 1. The lowest BCUT2D eigenvalue weighted by atomic mass is 10.1. The Labute approximate surface area is 168 Å². The van der Waals surface area contributed by atoms with Gasteiger partial charge in [-0.3, -0.25) is 0 Å². The van der Waals surface area contributed by atoms with Crippen LogP contribution in [0.25, 0.3) is 0 Å². The minimum atomic E-state index is -4.61. The Kier molecular flexibility index (Phi) is 5.87. The zero-order chi connectivity index (χ0) is 21.2. The van der Waals surface area contributed by atoms with E-state index in [9.17, 15) is 21.6 Å². The Morgan fingerprint density at radius 3 is 2.31 bits per heavy atom. The summed E-state index contributed by atoms with van der Waals surface area (Å²) in [4.78, 5) is 1.66. The van der Waals surface area contributed by atoms with Gasteiger partial charge in [0.25, 0.3) is 0 Å². The molecule has 0 radical (unpaired) electrons. The van der Waals surface area contributed by atoms with Crippen LogP contribution in [0.3, 0.4) is 0 Å². The van der Waals surface area contributed by atoms with E-state index in [1.807, 2.05) is 11.0 Å². The fourth-order valence-corrected chi connectivity index (χ4v) is 4.85. The fourth-order valence-electron chi connectivity index (χ4n) is 3.36. The number of benzene rings is 2. The molecule has 2 aromatic rings. The van der Waals surface area contributed by atoms with Crippen LogP contribution in [0.15, 0.2) is 47.4 Å². The fraction of sp³-hybridized carbons (Fsp3) is 0.350. The van der Waals surface area contributed by atoms with Gasteiger partial charge < -0.3 is 4.90 Å². The molecule has 2 aromatic carbocycles. The summed E-state index contributed by atoms with van der Waals surface area (Å²) in [5, 5.41) is 8.90. The van der Waals surface area contributed by atoms with Gasteiger partial charge in [0.2, 0.25) is 10.0 Å². The molecule has 1 fully saturated rings. The van der Waals surface area contributed by atoms with Gasteiger partial charge in [-0.1, -0.05) is 6.07 Å². The van der Waals surface area contributed by atoms with Crippen molar-refractivity contribution < 1.29 is 21.6 Å². The average Bonchev–Trinajstić information content (AvgIpc) is 2.94. The van der Waals surface area contributed by atoms with Crippen LogP contribution in [0.2, 0.25) is 0 Å². The summed E-state index contributed by atoms with van der Waals surface area (Å²) in [6.45, 7) is 2.71. The number of nitrogens with zero attached hydrogens (tertiary/aromatic N) is 3. The molecule has 9 heteroatoms. The second kappa shape index (κ2) is 8.05. The molecule has 0 aromatic heterocycles. The standard InChI is InChI=1S/C20H20F3N3O2S/c1-15-3-8-18(13-19(15)20(21,22)23)29(27,28)26-10-2-9-25(11-12-26)17-6-4-16(14-24)5-7-17/h3-8,13H,2,9-12H2,1H3. The van der Waals surface area contributed by atoms with Crippen molar-refractivity contribution in [3.05, 3.63) is 59.2 Å². The average molecular weight is 423 g/mol. The largest absolute Gasteiger partial charge is 0.416 e. The van der Waals surface area contributed by atoms with E-state index in [2.05, 4.69) is 0 Å². The number of hydrogen-bond acceptors (Lipinski definition) is 4. The highest BCUT2D eigenvalue weighted by Gasteiger charge is 2.35. The number of alkyl halides is 3. The van der Waals surface area contributed by atoms with E-state index in [-0.39, 0.29) is 23.5 Å². The normalized spacial score (nSPS) is 16.3. The van der Waals surface area contributed by atoms with Crippen LogP contribution < -0.4 is 4.90 Å². The maximum absolute atomic E-state index is 13.2. The summed E-state index contributed by atoms with van der Waals surface area (Å²) in [5.41, 5.74) is 0.456. The second-order valence-corrected chi connectivity index (χ2v) is 8.82. The summed E-state index contributed by atoms with van der Waals surface area (Å²) in [7, 11) is -4.04. The van der Waals surface area contributed by atoms with Crippen molar-refractivity contribution in [3.8, 4) is 6.07 Å². The first-order valence-electron chi connectivity index (χ1n) is 9.06. The maximum Gasteiger partial charge on any atom is 0.416 e. The third-order valence-electron chi connectivity index (χ3n) is 4.97.